The highest BCUT2D eigenvalue weighted by molar-refractivity contribution is 6.37. The summed E-state index contributed by atoms with van der Waals surface area (Å²) in [7, 11) is 1.62. The lowest BCUT2D eigenvalue weighted by Crippen LogP contribution is -2.06. The van der Waals surface area contributed by atoms with Crippen LogP contribution in [0.5, 0.6) is 17.2 Å². The number of para-hydroxylation sites is 1. The number of phenolic OH excluding ortho intramolecular Hbond substituents is 1. The number of aryl methyl sites for hydroxylation is 1. The van der Waals surface area contributed by atoms with E-state index in [1.54, 1.807) is 19.2 Å². The maximum atomic E-state index is 9.70. The van der Waals surface area contributed by atoms with Gasteiger partial charge < -0.3 is 19.9 Å². The van der Waals surface area contributed by atoms with E-state index < -0.39 is 0 Å². The van der Waals surface area contributed by atoms with Crippen molar-refractivity contribution < 1.29 is 14.6 Å². The van der Waals surface area contributed by atoms with E-state index in [0.717, 1.165) is 11.1 Å². The molecule has 3 aromatic carbocycles. The van der Waals surface area contributed by atoms with Crippen molar-refractivity contribution in [3.63, 3.8) is 0 Å². The molecule has 0 bridgehead atoms. The highest BCUT2D eigenvalue weighted by Gasteiger charge is 2.13. The first-order valence-corrected chi connectivity index (χ1v) is 9.50. The van der Waals surface area contributed by atoms with E-state index in [-0.39, 0.29) is 15.8 Å². The third kappa shape index (κ3) is 4.64. The zero-order chi connectivity index (χ0) is 20.1. The Hall–Kier alpha value is -2.56. The molecule has 3 rings (SSSR count). The molecule has 0 aliphatic heterocycles. The van der Waals surface area contributed by atoms with E-state index in [1.165, 1.54) is 5.56 Å². The van der Waals surface area contributed by atoms with Crippen molar-refractivity contribution in [2.24, 2.45) is 0 Å². The highest BCUT2D eigenvalue weighted by atomic mass is 35.5. The van der Waals surface area contributed by atoms with Gasteiger partial charge in [-0.1, -0.05) is 59.6 Å². The van der Waals surface area contributed by atoms with Gasteiger partial charge in [0.1, 0.15) is 6.61 Å². The molecule has 3 aromatic rings. The molecule has 0 heterocycles. The van der Waals surface area contributed by atoms with Crippen molar-refractivity contribution in [3.8, 4) is 17.2 Å². The molecular formula is C22H21Cl2NO3. The first kappa shape index (κ1) is 20.2. The molecule has 0 amide bonds. The van der Waals surface area contributed by atoms with E-state index in [1.807, 2.05) is 36.4 Å². The van der Waals surface area contributed by atoms with E-state index >= 15 is 0 Å². The quantitative estimate of drug-likeness (QED) is 0.448. The number of nitrogens with one attached hydrogen (secondary N) is 1. The summed E-state index contributed by atoms with van der Waals surface area (Å²) in [6, 6.07) is 17.1. The second-order valence-electron chi connectivity index (χ2n) is 6.31. The molecule has 2 N–H and O–H groups in total. The third-order valence-corrected chi connectivity index (χ3v) is 4.99. The molecule has 6 heteroatoms. The van der Waals surface area contributed by atoms with Crippen LogP contribution in [0.15, 0.2) is 54.6 Å². The third-order valence-electron chi connectivity index (χ3n) is 4.41. The second kappa shape index (κ2) is 9.09. The zero-order valence-corrected chi connectivity index (χ0v) is 17.1. The van der Waals surface area contributed by atoms with Gasteiger partial charge in [0.15, 0.2) is 17.2 Å². The molecule has 0 unspecified atom stereocenters. The average molecular weight is 418 g/mol. The Morgan fingerprint density at radius 2 is 1.64 bits per heavy atom. The van der Waals surface area contributed by atoms with E-state index in [2.05, 4.69) is 18.3 Å². The van der Waals surface area contributed by atoms with Crippen LogP contribution in [-0.4, -0.2) is 12.2 Å². The van der Waals surface area contributed by atoms with E-state index in [4.69, 9.17) is 32.7 Å². The molecule has 0 saturated carbocycles. The molecule has 28 heavy (non-hydrogen) atoms. The van der Waals surface area contributed by atoms with Crippen LogP contribution in [0, 0.1) is 6.92 Å². The normalized spacial score (nSPS) is 10.6. The number of hydrogen-bond acceptors (Lipinski definition) is 4. The Kier molecular flexibility index (Phi) is 6.55. The van der Waals surface area contributed by atoms with Crippen LogP contribution >= 0.6 is 23.2 Å². The minimum Gasteiger partial charge on any atom is -0.505 e. The molecule has 0 aliphatic carbocycles. The molecule has 0 fully saturated rings. The number of ether oxygens (including phenoxy) is 2. The number of anilines is 1. The maximum Gasteiger partial charge on any atom is 0.166 e. The predicted octanol–water partition coefficient (Wildman–Crippen LogP) is 6.21. The van der Waals surface area contributed by atoms with E-state index in [9.17, 15) is 5.11 Å². The number of hydrogen-bond donors (Lipinski definition) is 2. The average Bonchev–Trinajstić information content (AvgIpc) is 2.69. The second-order valence-corrected chi connectivity index (χ2v) is 7.12. The van der Waals surface area contributed by atoms with Crippen molar-refractivity contribution >= 4 is 28.9 Å². The van der Waals surface area contributed by atoms with Gasteiger partial charge in [0.25, 0.3) is 0 Å². The first-order valence-electron chi connectivity index (χ1n) is 8.74. The van der Waals surface area contributed by atoms with Crippen molar-refractivity contribution in [1.29, 1.82) is 0 Å². The van der Waals surface area contributed by atoms with Gasteiger partial charge in [0.2, 0.25) is 0 Å². The number of halogens is 2. The van der Waals surface area contributed by atoms with Crippen molar-refractivity contribution in [3.05, 3.63) is 81.3 Å². The van der Waals surface area contributed by atoms with Gasteiger partial charge in [-0.25, -0.2) is 0 Å². The van der Waals surface area contributed by atoms with Crippen LogP contribution in [0.1, 0.15) is 16.7 Å². The molecule has 0 spiro atoms. The van der Waals surface area contributed by atoms with Gasteiger partial charge in [0, 0.05) is 17.8 Å². The van der Waals surface area contributed by atoms with Crippen LogP contribution in [0.4, 0.5) is 5.69 Å². The monoisotopic (exact) mass is 417 g/mol. The van der Waals surface area contributed by atoms with Gasteiger partial charge >= 0.3 is 0 Å². The minimum atomic E-state index is -0.127. The van der Waals surface area contributed by atoms with Crippen molar-refractivity contribution in [2.45, 2.75) is 20.1 Å². The fraction of sp³-hybridized carbons (Fsp3) is 0.182. The van der Waals surface area contributed by atoms with Crippen LogP contribution < -0.4 is 14.8 Å². The fourth-order valence-electron chi connectivity index (χ4n) is 2.81. The summed E-state index contributed by atoms with van der Waals surface area (Å²) in [5.41, 5.74) is 3.91. The summed E-state index contributed by atoms with van der Waals surface area (Å²) in [5, 5.41) is 13.3. The standard InChI is InChI=1S/C22H21Cl2NO3/c1-14-6-3-4-7-16(14)13-28-22-15(8-5-9-20(22)27-2)12-25-17-10-18(23)21(26)19(24)11-17/h3-11,25-26H,12-13H2,1-2H3. The molecule has 4 nitrogen and oxygen atoms in total. The van der Waals surface area contributed by atoms with Crippen LogP contribution in [0.25, 0.3) is 0 Å². The van der Waals surface area contributed by atoms with Crippen LogP contribution in [0.3, 0.4) is 0 Å². The first-order chi connectivity index (χ1) is 13.5. The molecule has 0 aliphatic rings. The van der Waals surface area contributed by atoms with Gasteiger partial charge in [-0.3, -0.25) is 0 Å². The lowest BCUT2D eigenvalue weighted by atomic mass is 10.1. The van der Waals surface area contributed by atoms with Gasteiger partial charge in [-0.2, -0.15) is 0 Å². The topological polar surface area (TPSA) is 50.7 Å². The Morgan fingerprint density at radius 3 is 2.32 bits per heavy atom. The number of methoxy groups -OCH3 is 1. The Morgan fingerprint density at radius 1 is 0.964 bits per heavy atom. The Balaban J connectivity index is 1.80. The largest absolute Gasteiger partial charge is 0.505 e. The minimum absolute atomic E-state index is 0.127. The highest BCUT2D eigenvalue weighted by Crippen LogP contribution is 2.36. The summed E-state index contributed by atoms with van der Waals surface area (Å²) < 4.78 is 11.6. The fourth-order valence-corrected chi connectivity index (χ4v) is 3.30. The summed E-state index contributed by atoms with van der Waals surface area (Å²) in [6.45, 7) is 2.97. The van der Waals surface area contributed by atoms with Gasteiger partial charge in [0.05, 0.1) is 17.2 Å². The zero-order valence-electron chi connectivity index (χ0n) is 15.6. The number of benzene rings is 3. The number of aromatic hydroxyl groups is 1. The molecule has 0 radical (unpaired) electrons. The lowest BCUT2D eigenvalue weighted by Gasteiger charge is -2.17. The summed E-state index contributed by atoms with van der Waals surface area (Å²) in [5.74, 6) is 1.21. The molecule has 0 atom stereocenters. The van der Waals surface area contributed by atoms with Gasteiger partial charge in [-0.15, -0.1) is 0 Å². The number of phenols is 1. The maximum absolute atomic E-state index is 9.70. The predicted molar refractivity (Wildman–Crippen MR) is 114 cm³/mol. The van der Waals surface area contributed by atoms with E-state index in [0.29, 0.717) is 30.3 Å². The van der Waals surface area contributed by atoms with Crippen LogP contribution in [-0.2, 0) is 13.2 Å². The van der Waals surface area contributed by atoms with Crippen molar-refractivity contribution in [2.75, 3.05) is 12.4 Å². The SMILES string of the molecule is COc1cccc(CNc2cc(Cl)c(O)c(Cl)c2)c1OCc1ccccc1C. The summed E-state index contributed by atoms with van der Waals surface area (Å²) in [4.78, 5) is 0. The molecule has 0 aromatic heterocycles. The van der Waals surface area contributed by atoms with Gasteiger partial charge in [-0.05, 0) is 36.2 Å². The molecular weight excluding hydrogens is 397 g/mol. The molecule has 0 saturated heterocycles. The smallest absolute Gasteiger partial charge is 0.166 e. The molecule has 146 valence electrons. The summed E-state index contributed by atoms with van der Waals surface area (Å²) in [6.07, 6.45) is 0. The lowest BCUT2D eigenvalue weighted by molar-refractivity contribution is 0.281. The number of rotatable bonds is 7. The van der Waals surface area contributed by atoms with Crippen LogP contribution in [0.2, 0.25) is 10.0 Å². The Labute approximate surface area is 174 Å². The summed E-state index contributed by atoms with van der Waals surface area (Å²) >= 11 is 12.0. The Bertz CT molecular complexity index is 953. The van der Waals surface area contributed by atoms with Crippen molar-refractivity contribution in [1.82, 2.24) is 0 Å².